The van der Waals surface area contributed by atoms with Gasteiger partial charge in [-0.25, -0.2) is 0 Å². The molecule has 5 nitrogen and oxygen atoms in total. The Morgan fingerprint density at radius 3 is 2.33 bits per heavy atom. The third-order valence-corrected chi connectivity index (χ3v) is 2.26. The standard InChI is InChI=1S/C5H12NO4P.Na.H/c1-11(9,10)3-2-4(6)5(7)8;;/h4H,2-3,6H2,1H3,(H,7,8)(H,9,10);;. The van der Waals surface area contributed by atoms with Gasteiger partial charge in [-0.2, -0.15) is 0 Å². The first-order valence-electron chi connectivity index (χ1n) is 3.10. The first-order chi connectivity index (χ1) is 4.83. The van der Waals surface area contributed by atoms with Crippen molar-refractivity contribution in [2.24, 2.45) is 5.73 Å². The normalized spacial score (nSPS) is 17.2. The molecule has 0 bridgehead atoms. The molecular formula is C5H13NNaO4P. The fourth-order valence-corrected chi connectivity index (χ4v) is 1.26. The quantitative estimate of drug-likeness (QED) is 0.405. The van der Waals surface area contributed by atoms with E-state index in [1.165, 1.54) is 6.66 Å². The zero-order valence-corrected chi connectivity index (χ0v) is 7.12. The maximum absolute atomic E-state index is 10.6. The predicted molar refractivity (Wildman–Crippen MR) is 48.0 cm³/mol. The van der Waals surface area contributed by atoms with Crippen LogP contribution in [-0.2, 0) is 9.36 Å². The van der Waals surface area contributed by atoms with E-state index < -0.39 is 19.4 Å². The molecule has 0 radical (unpaired) electrons. The first kappa shape index (κ1) is 15.1. The van der Waals surface area contributed by atoms with Crippen LogP contribution in [0.15, 0.2) is 0 Å². The summed E-state index contributed by atoms with van der Waals surface area (Å²) in [7, 11) is -3.10. The molecule has 0 saturated carbocycles. The van der Waals surface area contributed by atoms with Crippen LogP contribution in [0.25, 0.3) is 0 Å². The summed E-state index contributed by atoms with van der Waals surface area (Å²) in [6.07, 6.45) is 0.0000772. The van der Waals surface area contributed by atoms with E-state index in [4.69, 9.17) is 15.7 Å². The van der Waals surface area contributed by atoms with Crippen molar-refractivity contribution in [2.45, 2.75) is 12.5 Å². The topological polar surface area (TPSA) is 101 Å². The fourth-order valence-electron chi connectivity index (χ4n) is 0.502. The van der Waals surface area contributed by atoms with Crippen molar-refractivity contribution >= 4 is 42.9 Å². The van der Waals surface area contributed by atoms with E-state index in [1.54, 1.807) is 0 Å². The Bertz CT molecular complexity index is 192. The van der Waals surface area contributed by atoms with Gasteiger partial charge >= 0.3 is 35.5 Å². The third kappa shape index (κ3) is 8.71. The second-order valence-corrected chi connectivity index (χ2v) is 5.06. The third-order valence-electron chi connectivity index (χ3n) is 1.17. The molecule has 0 aliphatic heterocycles. The van der Waals surface area contributed by atoms with Gasteiger partial charge in [0.1, 0.15) is 6.04 Å². The molecule has 0 aromatic rings. The molecule has 0 spiro atoms. The summed E-state index contributed by atoms with van der Waals surface area (Å²) in [5.41, 5.74) is 5.09. The number of carboxylic acids is 1. The molecule has 0 rings (SSSR count). The van der Waals surface area contributed by atoms with Crippen LogP contribution in [0.5, 0.6) is 0 Å². The molecule has 12 heavy (non-hydrogen) atoms. The molecule has 0 amide bonds. The Balaban J connectivity index is 0. The molecule has 2 unspecified atom stereocenters. The van der Waals surface area contributed by atoms with Crippen LogP contribution >= 0.6 is 7.37 Å². The van der Waals surface area contributed by atoms with Crippen LogP contribution in [-0.4, -0.2) is 64.4 Å². The predicted octanol–water partition coefficient (Wildman–Crippen LogP) is -0.960. The van der Waals surface area contributed by atoms with Gasteiger partial charge in [-0.05, 0) is 6.42 Å². The molecule has 0 aliphatic carbocycles. The van der Waals surface area contributed by atoms with Crippen molar-refractivity contribution in [1.82, 2.24) is 0 Å². The number of carboxylic acid groups (broad SMARTS) is 1. The summed E-state index contributed by atoms with van der Waals surface area (Å²) in [4.78, 5) is 18.9. The zero-order chi connectivity index (χ0) is 9.07. The molecule has 68 valence electrons. The molecule has 0 aromatic carbocycles. The molecule has 0 saturated heterocycles. The van der Waals surface area contributed by atoms with E-state index in [0.717, 1.165) is 0 Å². The summed E-state index contributed by atoms with van der Waals surface area (Å²) in [5.74, 6) is -1.14. The average molecular weight is 205 g/mol. The zero-order valence-electron chi connectivity index (χ0n) is 6.23. The van der Waals surface area contributed by atoms with Gasteiger partial charge in [-0.15, -0.1) is 0 Å². The number of nitrogens with two attached hydrogens (primary N) is 1. The number of hydrogen-bond acceptors (Lipinski definition) is 3. The van der Waals surface area contributed by atoms with Crippen molar-refractivity contribution in [3.63, 3.8) is 0 Å². The second-order valence-electron chi connectivity index (χ2n) is 2.51. The van der Waals surface area contributed by atoms with Gasteiger partial charge in [0.25, 0.3) is 0 Å². The van der Waals surface area contributed by atoms with Gasteiger partial charge in [-0.3, -0.25) is 9.36 Å². The van der Waals surface area contributed by atoms with Crippen molar-refractivity contribution in [3.05, 3.63) is 0 Å². The SMILES string of the molecule is CP(=O)(O)CCC(N)C(=O)O.[NaH]. The van der Waals surface area contributed by atoms with Crippen LogP contribution in [0.3, 0.4) is 0 Å². The van der Waals surface area contributed by atoms with Crippen LogP contribution < -0.4 is 5.73 Å². The average Bonchev–Trinajstić information content (AvgIpc) is 1.80. The molecule has 0 aromatic heterocycles. The number of aliphatic carboxylic acids is 1. The molecule has 7 heteroatoms. The summed E-state index contributed by atoms with van der Waals surface area (Å²) < 4.78 is 10.6. The van der Waals surface area contributed by atoms with Gasteiger partial charge in [0.05, 0.1) is 0 Å². The molecule has 0 heterocycles. The molecule has 0 fully saturated rings. The van der Waals surface area contributed by atoms with E-state index in [9.17, 15) is 9.36 Å². The Morgan fingerprint density at radius 2 is 2.08 bits per heavy atom. The van der Waals surface area contributed by atoms with Gasteiger partial charge in [0.15, 0.2) is 7.37 Å². The Kier molecular flexibility index (Phi) is 7.72. The van der Waals surface area contributed by atoms with Crippen molar-refractivity contribution in [3.8, 4) is 0 Å². The maximum atomic E-state index is 10.6. The second kappa shape index (κ2) is 6.13. The van der Waals surface area contributed by atoms with E-state index >= 15 is 0 Å². The Hall–Kier alpha value is 0.620. The van der Waals surface area contributed by atoms with Crippen molar-refractivity contribution in [2.75, 3.05) is 12.8 Å². The van der Waals surface area contributed by atoms with E-state index in [0.29, 0.717) is 0 Å². The van der Waals surface area contributed by atoms with Gasteiger partial charge in [-0.1, -0.05) is 0 Å². The fraction of sp³-hybridized carbons (Fsp3) is 0.800. The van der Waals surface area contributed by atoms with Gasteiger partial charge in [0.2, 0.25) is 0 Å². The van der Waals surface area contributed by atoms with Crippen molar-refractivity contribution < 1.29 is 19.4 Å². The molecule has 2 atom stereocenters. The number of rotatable bonds is 4. The summed E-state index contributed by atoms with van der Waals surface area (Å²) in [6.45, 7) is 1.18. The molecular weight excluding hydrogens is 192 g/mol. The van der Waals surface area contributed by atoms with E-state index in [2.05, 4.69) is 0 Å². The van der Waals surface area contributed by atoms with Crippen LogP contribution in [0.4, 0.5) is 0 Å². The Morgan fingerprint density at radius 1 is 1.67 bits per heavy atom. The molecule has 4 N–H and O–H groups in total. The van der Waals surface area contributed by atoms with Gasteiger partial charge < -0.3 is 15.7 Å². The van der Waals surface area contributed by atoms with Crippen LogP contribution in [0.2, 0.25) is 0 Å². The first-order valence-corrected chi connectivity index (χ1v) is 5.40. The minimum absolute atomic E-state index is 0. The summed E-state index contributed by atoms with van der Waals surface area (Å²) in [5, 5.41) is 8.28. The molecule has 0 aliphatic rings. The van der Waals surface area contributed by atoms with E-state index in [-0.39, 0.29) is 42.1 Å². The van der Waals surface area contributed by atoms with Gasteiger partial charge in [0, 0.05) is 12.8 Å². The van der Waals surface area contributed by atoms with Crippen LogP contribution in [0.1, 0.15) is 6.42 Å². The summed E-state index contributed by atoms with van der Waals surface area (Å²) >= 11 is 0. The monoisotopic (exact) mass is 205 g/mol. The van der Waals surface area contributed by atoms with E-state index in [1.807, 2.05) is 0 Å². The summed E-state index contributed by atoms with van der Waals surface area (Å²) in [6, 6.07) is -1.03. The minimum atomic E-state index is -3.10. The van der Waals surface area contributed by atoms with Crippen LogP contribution in [0, 0.1) is 0 Å². The number of carbonyl (C=O) groups is 1. The Labute approximate surface area is 93.1 Å². The van der Waals surface area contributed by atoms with Crippen molar-refractivity contribution in [1.29, 1.82) is 0 Å². The number of hydrogen-bond donors (Lipinski definition) is 3.